The van der Waals surface area contributed by atoms with Crippen molar-refractivity contribution < 1.29 is 30.0 Å². The predicted octanol–water partition coefficient (Wildman–Crippen LogP) is -5.17. The van der Waals surface area contributed by atoms with E-state index in [0.29, 0.717) is 0 Å². The molecule has 0 saturated heterocycles. The van der Waals surface area contributed by atoms with Crippen LogP contribution in [0.3, 0.4) is 0 Å². The van der Waals surface area contributed by atoms with E-state index in [9.17, 15) is 19.8 Å². The van der Waals surface area contributed by atoms with Crippen LogP contribution in [0.1, 0.15) is 0 Å². The summed E-state index contributed by atoms with van der Waals surface area (Å²) >= 11 is 0. The predicted molar refractivity (Wildman–Crippen MR) is 27.8 cm³/mol. The Morgan fingerprint density at radius 2 is 1.18 bits per heavy atom. The second-order valence-electron chi connectivity index (χ2n) is 1.53. The van der Waals surface area contributed by atoms with Crippen molar-refractivity contribution in [3.8, 4) is 0 Å². The second-order valence-corrected chi connectivity index (χ2v) is 1.53. The molecule has 0 amide bonds. The van der Waals surface area contributed by atoms with Gasteiger partial charge in [-0.15, -0.1) is 0 Å². The summed E-state index contributed by atoms with van der Waals surface area (Å²) in [5, 5.41) is 35.7. The summed E-state index contributed by atoms with van der Waals surface area (Å²) in [7, 11) is 0. The fraction of sp³-hybridized carbons (Fsp3) is 0.500. The van der Waals surface area contributed by atoms with Gasteiger partial charge in [-0.2, -0.15) is 0 Å². The molecule has 0 aromatic rings. The number of aliphatic hydroxyl groups excluding tert-OH is 2. The zero-order valence-electron chi connectivity index (χ0n) is 5.39. The largest absolute Gasteiger partial charge is 2.00 e. The first-order chi connectivity index (χ1) is 4.46. The van der Waals surface area contributed by atoms with E-state index in [-0.39, 0.29) is 48.9 Å². The number of rotatable bonds is 3. The van der Waals surface area contributed by atoms with Gasteiger partial charge in [0.1, 0.15) is 12.2 Å². The van der Waals surface area contributed by atoms with Crippen LogP contribution >= 0.6 is 0 Å². The van der Waals surface area contributed by atoms with Gasteiger partial charge in [0.2, 0.25) is 0 Å². The molecule has 2 N–H and O–H groups in total. The van der Waals surface area contributed by atoms with Gasteiger partial charge < -0.3 is 30.0 Å². The van der Waals surface area contributed by atoms with E-state index in [1.807, 2.05) is 0 Å². The van der Waals surface area contributed by atoms with E-state index in [1.54, 1.807) is 0 Å². The maximum absolute atomic E-state index is 9.63. The molecule has 0 rings (SSSR count). The molecule has 0 aliphatic heterocycles. The van der Waals surface area contributed by atoms with Gasteiger partial charge in [-0.05, 0) is 0 Å². The first-order valence-corrected chi connectivity index (χ1v) is 2.24. The second kappa shape index (κ2) is 6.00. The Morgan fingerprint density at radius 3 is 1.27 bits per heavy atom. The molecule has 0 heterocycles. The van der Waals surface area contributed by atoms with Crippen LogP contribution in [-0.4, -0.2) is 83.2 Å². The van der Waals surface area contributed by atoms with E-state index >= 15 is 0 Å². The van der Waals surface area contributed by atoms with E-state index < -0.39 is 24.1 Å². The van der Waals surface area contributed by atoms with Crippen molar-refractivity contribution in [2.45, 2.75) is 12.2 Å². The van der Waals surface area contributed by atoms with Crippen molar-refractivity contribution in [2.75, 3.05) is 0 Å². The number of carboxylic acids is 2. The van der Waals surface area contributed by atoms with Gasteiger partial charge in [-0.3, -0.25) is 0 Å². The van der Waals surface area contributed by atoms with Crippen molar-refractivity contribution in [3.63, 3.8) is 0 Å². The first kappa shape index (κ1) is 14.0. The third kappa shape index (κ3) is 4.80. The normalized spacial score (nSPS) is 14.4. The van der Waals surface area contributed by atoms with Crippen LogP contribution in [0, 0.1) is 0 Å². The van der Waals surface area contributed by atoms with Crippen LogP contribution in [0.4, 0.5) is 0 Å². The molecule has 0 aliphatic carbocycles. The molecule has 0 bridgehead atoms. The molecule has 7 heteroatoms. The van der Waals surface area contributed by atoms with Gasteiger partial charge in [0.25, 0.3) is 0 Å². The Balaban J connectivity index is 0. The molecule has 0 aromatic heterocycles. The summed E-state index contributed by atoms with van der Waals surface area (Å²) in [4.78, 5) is 19.3. The Kier molecular flexibility index (Phi) is 7.63. The van der Waals surface area contributed by atoms with Crippen LogP contribution in [0.5, 0.6) is 0 Å². The molecular weight excluding hydrogens is 281 g/mol. The zero-order chi connectivity index (χ0) is 8.31. The van der Waals surface area contributed by atoms with Crippen molar-refractivity contribution in [3.05, 3.63) is 0 Å². The molecule has 0 unspecified atom stereocenters. The average molecular weight is 285 g/mol. The number of carbonyl (C=O) groups excluding carboxylic acids is 2. The summed E-state index contributed by atoms with van der Waals surface area (Å²) in [5.74, 6) is -4.12. The molecule has 11 heavy (non-hydrogen) atoms. The van der Waals surface area contributed by atoms with Gasteiger partial charge in [0, 0.05) is 0 Å². The fourth-order valence-electron chi connectivity index (χ4n) is 0.258. The van der Waals surface area contributed by atoms with Crippen molar-refractivity contribution in [1.82, 2.24) is 0 Å². The van der Waals surface area contributed by atoms with E-state index in [2.05, 4.69) is 0 Å². The smallest absolute Gasteiger partial charge is 0.547 e. The quantitative estimate of drug-likeness (QED) is 0.500. The minimum Gasteiger partial charge on any atom is -0.547 e. The standard InChI is InChI=1S/C4H6O6.Ba/c5-1(3(7)8)2(6)4(9)10;/h1-2,5-6H,(H,7,8)(H,9,10);/q;+2/p-2/t1-,2+;. The van der Waals surface area contributed by atoms with Gasteiger partial charge in [-0.1, -0.05) is 0 Å². The molecule has 0 fully saturated rings. The maximum atomic E-state index is 9.63. The SMILES string of the molecule is O=C([O-])[C@@H](O)[C@@H](O)C(=O)[O-].[Ba+2]. The summed E-state index contributed by atoms with van der Waals surface area (Å²) in [5.41, 5.74) is 0. The maximum Gasteiger partial charge on any atom is 2.00 e. The Hall–Kier alpha value is 0.431. The molecule has 0 aromatic carbocycles. The van der Waals surface area contributed by atoms with Gasteiger partial charge in [0.15, 0.2) is 0 Å². The Morgan fingerprint density at radius 1 is 1.00 bits per heavy atom. The van der Waals surface area contributed by atoms with E-state index in [0.717, 1.165) is 0 Å². The third-order valence-electron chi connectivity index (χ3n) is 0.782. The van der Waals surface area contributed by atoms with Crippen LogP contribution in [0.15, 0.2) is 0 Å². The van der Waals surface area contributed by atoms with Crippen LogP contribution in [0.25, 0.3) is 0 Å². The van der Waals surface area contributed by atoms with Crippen LogP contribution in [0.2, 0.25) is 0 Å². The van der Waals surface area contributed by atoms with Gasteiger partial charge in [0.05, 0.1) is 11.9 Å². The van der Waals surface area contributed by atoms with E-state index in [4.69, 9.17) is 10.2 Å². The number of hydrogen-bond acceptors (Lipinski definition) is 6. The number of carboxylic acid groups (broad SMARTS) is 2. The molecule has 0 radical (unpaired) electrons. The minimum atomic E-state index is -2.44. The molecule has 0 saturated carbocycles. The van der Waals surface area contributed by atoms with Gasteiger partial charge >= 0.3 is 48.9 Å². The van der Waals surface area contributed by atoms with Crippen molar-refractivity contribution >= 4 is 60.8 Å². The number of carbonyl (C=O) groups is 2. The zero-order valence-corrected chi connectivity index (χ0v) is 9.83. The molecule has 6 nitrogen and oxygen atoms in total. The third-order valence-corrected chi connectivity index (χ3v) is 0.782. The van der Waals surface area contributed by atoms with Crippen LogP contribution < -0.4 is 10.2 Å². The summed E-state index contributed by atoms with van der Waals surface area (Å²) < 4.78 is 0. The van der Waals surface area contributed by atoms with Crippen molar-refractivity contribution in [2.24, 2.45) is 0 Å². The average Bonchev–Trinajstić information content (AvgIpc) is 1.84. The monoisotopic (exact) mass is 286 g/mol. The molecule has 0 aliphatic rings. The number of aliphatic carboxylic acids is 2. The summed E-state index contributed by atoms with van der Waals surface area (Å²) in [6, 6.07) is 0. The molecular formula is C4H4BaO6. The summed E-state index contributed by atoms with van der Waals surface area (Å²) in [6.07, 6.45) is -4.88. The van der Waals surface area contributed by atoms with Crippen molar-refractivity contribution in [1.29, 1.82) is 0 Å². The molecule has 58 valence electrons. The topological polar surface area (TPSA) is 121 Å². The fourth-order valence-corrected chi connectivity index (χ4v) is 0.258. The number of aliphatic hydroxyl groups is 2. The summed E-state index contributed by atoms with van der Waals surface area (Å²) in [6.45, 7) is 0. The Bertz CT molecular complexity index is 139. The van der Waals surface area contributed by atoms with Gasteiger partial charge in [-0.25, -0.2) is 0 Å². The minimum absolute atomic E-state index is 0. The first-order valence-electron chi connectivity index (χ1n) is 2.24. The van der Waals surface area contributed by atoms with Crippen LogP contribution in [-0.2, 0) is 9.59 Å². The molecule has 0 spiro atoms. The van der Waals surface area contributed by atoms with E-state index in [1.165, 1.54) is 0 Å². The Labute approximate surface area is 102 Å². The number of hydrogen-bond donors (Lipinski definition) is 2. The molecule has 2 atom stereocenters.